The molecule has 0 aromatic carbocycles. The Labute approximate surface area is 93.0 Å². The van der Waals surface area contributed by atoms with E-state index in [0.29, 0.717) is 0 Å². The Bertz CT molecular complexity index is 118. The Balaban J connectivity index is -0.000000135. The number of hydrogen-bond acceptors (Lipinski definition) is 3. The normalized spacial score (nSPS) is 9.07. The summed E-state index contributed by atoms with van der Waals surface area (Å²) < 4.78 is 19.1. The predicted molar refractivity (Wildman–Crippen MR) is 64.0 cm³/mol. The van der Waals surface area contributed by atoms with Gasteiger partial charge in [0, 0.05) is 5.92 Å². The summed E-state index contributed by atoms with van der Waals surface area (Å²) in [5.41, 5.74) is 4.80. The highest BCUT2D eigenvalue weighted by atomic mass is 32.2. The van der Waals surface area contributed by atoms with Crippen LogP contribution < -0.4 is 5.73 Å². The molecule has 2 N–H and O–H groups in total. The van der Waals surface area contributed by atoms with Crippen LogP contribution in [0.25, 0.3) is 0 Å². The Kier molecular flexibility index (Phi) is 18.4. The topological polar surface area (TPSA) is 89.2 Å². The smallest absolute Gasteiger partial charge is 0.219 e. The fourth-order valence-corrected chi connectivity index (χ4v) is 0. The van der Waals surface area contributed by atoms with Gasteiger partial charge in [0.05, 0.1) is 25.0 Å². The van der Waals surface area contributed by atoms with Crippen molar-refractivity contribution in [2.75, 3.05) is 25.0 Å². The molecule has 0 aliphatic carbocycles. The molecule has 0 aromatic rings. The minimum absolute atomic E-state index is 0.00926. The first kappa shape index (κ1) is 19.6. The molecule has 14 heavy (non-hydrogen) atoms. The van der Waals surface area contributed by atoms with Gasteiger partial charge in [-0.05, 0) is 0 Å². The highest BCUT2D eigenvalue weighted by Gasteiger charge is 1.96. The molecule has 88 valence electrons. The molecule has 0 rings (SSSR count). The van der Waals surface area contributed by atoms with Gasteiger partial charge in [-0.15, -0.1) is 0 Å². The lowest BCUT2D eigenvalue weighted by atomic mass is 10.2. The maximum Gasteiger partial charge on any atom is 0.219 e. The van der Waals surface area contributed by atoms with Gasteiger partial charge >= 0.3 is 0 Å². The van der Waals surface area contributed by atoms with E-state index in [-0.39, 0.29) is 11.8 Å². The van der Waals surface area contributed by atoms with E-state index in [4.69, 9.17) is 5.73 Å². The molecule has 6 heteroatoms. The SMILES string of the molecule is CC(C)C(N)=O.C[S+](C)[O-].C[S+](C)[O-]. The first-order valence-electron chi connectivity index (χ1n) is 3.90. The van der Waals surface area contributed by atoms with E-state index in [0.717, 1.165) is 0 Å². The van der Waals surface area contributed by atoms with Crippen LogP contribution in [-0.2, 0) is 27.1 Å². The van der Waals surface area contributed by atoms with Crippen molar-refractivity contribution in [3.63, 3.8) is 0 Å². The number of amides is 1. The van der Waals surface area contributed by atoms with E-state index >= 15 is 0 Å². The maximum atomic E-state index is 9.92. The summed E-state index contributed by atoms with van der Waals surface area (Å²) in [4.78, 5) is 9.92. The molecule has 0 radical (unpaired) electrons. The lowest BCUT2D eigenvalue weighted by molar-refractivity contribution is -0.120. The monoisotopic (exact) mass is 243 g/mol. The molecule has 0 aromatic heterocycles. The van der Waals surface area contributed by atoms with Crippen LogP contribution in [0.1, 0.15) is 13.8 Å². The maximum absolute atomic E-state index is 9.92. The third kappa shape index (κ3) is 88.9. The number of nitrogens with two attached hydrogens (primary N) is 1. The number of primary amides is 1. The minimum Gasteiger partial charge on any atom is -0.617 e. The molecule has 0 spiro atoms. The van der Waals surface area contributed by atoms with Crippen LogP contribution in [0.15, 0.2) is 0 Å². The van der Waals surface area contributed by atoms with Gasteiger partial charge in [-0.2, -0.15) is 0 Å². The van der Waals surface area contributed by atoms with E-state index in [9.17, 15) is 13.9 Å². The van der Waals surface area contributed by atoms with E-state index in [1.165, 1.54) is 0 Å². The van der Waals surface area contributed by atoms with Crippen LogP contribution >= 0.6 is 0 Å². The van der Waals surface area contributed by atoms with Gasteiger partial charge < -0.3 is 14.8 Å². The predicted octanol–water partition coefficient (Wildman–Crippen LogP) is 0.117. The van der Waals surface area contributed by atoms with Crippen molar-refractivity contribution in [1.29, 1.82) is 0 Å². The Morgan fingerprint density at radius 1 is 1.07 bits per heavy atom. The molecule has 0 unspecified atom stereocenters. The van der Waals surface area contributed by atoms with E-state index in [2.05, 4.69) is 0 Å². The molecule has 0 fully saturated rings. The van der Waals surface area contributed by atoms with Crippen LogP contribution in [-0.4, -0.2) is 40.0 Å². The zero-order chi connectivity index (χ0) is 12.3. The molecule has 0 bridgehead atoms. The molecule has 0 aliphatic heterocycles. The summed E-state index contributed by atoms with van der Waals surface area (Å²) in [5.74, 6) is -0.250. The average molecular weight is 243 g/mol. The van der Waals surface area contributed by atoms with Crippen molar-refractivity contribution in [3.8, 4) is 0 Å². The number of hydrogen-bond donors (Lipinski definition) is 1. The van der Waals surface area contributed by atoms with Crippen molar-refractivity contribution in [1.82, 2.24) is 0 Å². The summed E-state index contributed by atoms with van der Waals surface area (Å²) in [5, 5.41) is 0. The summed E-state index contributed by atoms with van der Waals surface area (Å²) in [6.45, 7) is 3.53. The molecule has 0 saturated carbocycles. The second-order valence-corrected chi connectivity index (χ2v) is 6.01. The van der Waals surface area contributed by atoms with E-state index in [1.54, 1.807) is 38.9 Å². The van der Waals surface area contributed by atoms with Gasteiger partial charge in [0.25, 0.3) is 0 Å². The standard InChI is InChI=1S/C4H9NO.2C2H6OS/c1-3(2)4(5)6;2*1-4(2)3/h3H,1-2H3,(H2,5,6);2*1-2H3. The fraction of sp³-hybridized carbons (Fsp3) is 0.875. The second-order valence-electron chi connectivity index (χ2n) is 3.04. The number of rotatable bonds is 1. The molecule has 0 saturated heterocycles. The van der Waals surface area contributed by atoms with Crippen molar-refractivity contribution in [2.45, 2.75) is 13.8 Å². The molecular formula is C8H21NO3S2. The average Bonchev–Trinajstić information content (AvgIpc) is 1.83. The molecule has 1 amide bonds. The van der Waals surface area contributed by atoms with Crippen molar-refractivity contribution in [3.05, 3.63) is 0 Å². The van der Waals surface area contributed by atoms with E-state index in [1.807, 2.05) is 0 Å². The van der Waals surface area contributed by atoms with E-state index < -0.39 is 22.4 Å². The van der Waals surface area contributed by atoms with Crippen LogP contribution in [0.4, 0.5) is 0 Å². The zero-order valence-corrected chi connectivity index (χ0v) is 11.3. The van der Waals surface area contributed by atoms with Crippen LogP contribution in [0.2, 0.25) is 0 Å². The summed E-state index contributed by atoms with van der Waals surface area (Å²) in [6, 6.07) is 0. The minimum atomic E-state index is -0.611. The van der Waals surface area contributed by atoms with Gasteiger partial charge in [0.2, 0.25) is 5.91 Å². The first-order valence-corrected chi connectivity index (χ1v) is 7.84. The highest BCUT2D eigenvalue weighted by Crippen LogP contribution is 1.84. The lowest BCUT2D eigenvalue weighted by Crippen LogP contribution is -2.17. The third-order valence-electron chi connectivity index (χ3n) is 0.569. The lowest BCUT2D eigenvalue weighted by Gasteiger charge is -1.90. The fourth-order valence-electron chi connectivity index (χ4n) is 0. The van der Waals surface area contributed by atoms with Crippen molar-refractivity contribution >= 4 is 28.3 Å². The van der Waals surface area contributed by atoms with Gasteiger partial charge in [-0.3, -0.25) is 4.79 Å². The summed E-state index contributed by atoms with van der Waals surface area (Å²) in [7, 11) is 0. The highest BCUT2D eigenvalue weighted by molar-refractivity contribution is 7.90. The Morgan fingerprint density at radius 3 is 1.14 bits per heavy atom. The molecule has 0 heterocycles. The largest absolute Gasteiger partial charge is 0.617 e. The quantitative estimate of drug-likeness (QED) is 0.663. The second kappa shape index (κ2) is 13.1. The molecule has 0 aliphatic rings. The third-order valence-corrected chi connectivity index (χ3v) is 0.569. The van der Waals surface area contributed by atoms with Crippen LogP contribution in [0, 0.1) is 5.92 Å². The van der Waals surface area contributed by atoms with Gasteiger partial charge in [0.15, 0.2) is 0 Å². The number of carbonyl (C=O) groups excluding carboxylic acids is 1. The molecule has 4 nitrogen and oxygen atoms in total. The van der Waals surface area contributed by atoms with Crippen LogP contribution in [0.5, 0.6) is 0 Å². The Hall–Kier alpha value is 0.0900. The van der Waals surface area contributed by atoms with Crippen molar-refractivity contribution in [2.24, 2.45) is 11.7 Å². The summed E-state index contributed by atoms with van der Waals surface area (Å²) in [6.07, 6.45) is 6.56. The van der Waals surface area contributed by atoms with Gasteiger partial charge in [-0.25, -0.2) is 0 Å². The Morgan fingerprint density at radius 2 is 1.14 bits per heavy atom. The molecular weight excluding hydrogens is 222 g/mol. The van der Waals surface area contributed by atoms with Crippen molar-refractivity contribution < 1.29 is 13.9 Å². The zero-order valence-electron chi connectivity index (χ0n) is 9.70. The van der Waals surface area contributed by atoms with Gasteiger partial charge in [0.1, 0.15) is 0 Å². The number of carbonyl (C=O) groups is 1. The summed E-state index contributed by atoms with van der Waals surface area (Å²) >= 11 is -1.22. The van der Waals surface area contributed by atoms with Gasteiger partial charge in [-0.1, -0.05) is 36.2 Å². The molecule has 0 atom stereocenters. The van der Waals surface area contributed by atoms with Crippen LogP contribution in [0.3, 0.4) is 0 Å². The first-order chi connectivity index (χ1) is 6.11.